The number of aromatic nitrogens is 2. The van der Waals surface area contributed by atoms with Crippen molar-refractivity contribution in [3.63, 3.8) is 0 Å². The van der Waals surface area contributed by atoms with E-state index in [-0.39, 0.29) is 12.4 Å². The first-order valence-electron chi connectivity index (χ1n) is 5.87. The van der Waals surface area contributed by atoms with Crippen LogP contribution >= 0.6 is 12.4 Å². The fourth-order valence-electron chi connectivity index (χ4n) is 1.38. The number of rotatable bonds is 7. The third-order valence-corrected chi connectivity index (χ3v) is 2.22. The second-order valence-electron chi connectivity index (χ2n) is 4.69. The van der Waals surface area contributed by atoms with Gasteiger partial charge >= 0.3 is 0 Å². The van der Waals surface area contributed by atoms with Crippen LogP contribution in [0, 0.1) is 5.92 Å². The molecule has 5 heteroatoms. The molecule has 0 fully saturated rings. The molecule has 1 aromatic rings. The molecule has 1 unspecified atom stereocenters. The summed E-state index contributed by atoms with van der Waals surface area (Å²) in [6.07, 6.45) is 1.96. The lowest BCUT2D eigenvalue weighted by Gasteiger charge is -2.14. The number of aryl methyl sites for hydroxylation is 1. The fraction of sp³-hybridized carbons (Fsp3) is 0.750. The molecule has 0 amide bonds. The molecular weight excluding hydrogens is 238 g/mol. The standard InChI is InChI=1S/C12H23N3O.ClH/c1-10(2)8-16-9-11(3)13-7-12-5-6-15(4)14-12;/h5-6,10-11,13H,7-9H2,1-4H3;1H. The normalized spacial score (nSPS) is 12.5. The third kappa shape index (κ3) is 7.36. The van der Waals surface area contributed by atoms with Crippen molar-refractivity contribution in [2.45, 2.75) is 33.4 Å². The van der Waals surface area contributed by atoms with Crippen LogP contribution in [-0.2, 0) is 18.3 Å². The Bertz CT molecular complexity index is 302. The predicted octanol–water partition coefficient (Wildman–Crippen LogP) is 1.99. The van der Waals surface area contributed by atoms with E-state index in [0.29, 0.717) is 12.0 Å². The van der Waals surface area contributed by atoms with Gasteiger partial charge in [-0.2, -0.15) is 5.10 Å². The van der Waals surface area contributed by atoms with Gasteiger partial charge in [0.25, 0.3) is 0 Å². The van der Waals surface area contributed by atoms with E-state index < -0.39 is 0 Å². The van der Waals surface area contributed by atoms with Crippen LogP contribution in [0.1, 0.15) is 26.5 Å². The molecule has 0 aliphatic carbocycles. The maximum atomic E-state index is 5.56. The molecular formula is C12H24ClN3O. The van der Waals surface area contributed by atoms with Crippen LogP contribution in [0.15, 0.2) is 12.3 Å². The van der Waals surface area contributed by atoms with Crippen molar-refractivity contribution in [2.75, 3.05) is 13.2 Å². The summed E-state index contributed by atoms with van der Waals surface area (Å²) in [5.41, 5.74) is 1.07. The van der Waals surface area contributed by atoms with Crippen LogP contribution in [0.5, 0.6) is 0 Å². The van der Waals surface area contributed by atoms with Crippen molar-refractivity contribution < 1.29 is 4.74 Å². The average molecular weight is 262 g/mol. The van der Waals surface area contributed by atoms with Crippen molar-refractivity contribution in [1.29, 1.82) is 0 Å². The molecule has 1 atom stereocenters. The Morgan fingerprint density at radius 1 is 1.35 bits per heavy atom. The van der Waals surface area contributed by atoms with E-state index in [2.05, 4.69) is 31.2 Å². The van der Waals surface area contributed by atoms with Crippen molar-refractivity contribution in [2.24, 2.45) is 13.0 Å². The van der Waals surface area contributed by atoms with Gasteiger partial charge in [0, 0.05) is 32.4 Å². The highest BCUT2D eigenvalue weighted by Crippen LogP contribution is 1.96. The Labute approximate surface area is 110 Å². The topological polar surface area (TPSA) is 39.1 Å². The smallest absolute Gasteiger partial charge is 0.0762 e. The summed E-state index contributed by atoms with van der Waals surface area (Å²) >= 11 is 0. The van der Waals surface area contributed by atoms with Gasteiger partial charge in [0.15, 0.2) is 0 Å². The highest BCUT2D eigenvalue weighted by molar-refractivity contribution is 5.85. The fourth-order valence-corrected chi connectivity index (χ4v) is 1.38. The Morgan fingerprint density at radius 2 is 2.06 bits per heavy atom. The van der Waals surface area contributed by atoms with Crippen LogP contribution in [0.3, 0.4) is 0 Å². The lowest BCUT2D eigenvalue weighted by atomic mass is 10.2. The van der Waals surface area contributed by atoms with E-state index in [1.165, 1.54) is 0 Å². The zero-order valence-electron chi connectivity index (χ0n) is 11.1. The second-order valence-corrected chi connectivity index (χ2v) is 4.69. The maximum Gasteiger partial charge on any atom is 0.0762 e. The monoisotopic (exact) mass is 261 g/mol. The van der Waals surface area contributed by atoms with Gasteiger partial charge in [-0.1, -0.05) is 13.8 Å². The molecule has 0 aromatic carbocycles. The molecule has 0 bridgehead atoms. The van der Waals surface area contributed by atoms with Gasteiger partial charge in [-0.15, -0.1) is 12.4 Å². The summed E-state index contributed by atoms with van der Waals surface area (Å²) < 4.78 is 7.38. The molecule has 1 aromatic heterocycles. The molecule has 4 nitrogen and oxygen atoms in total. The summed E-state index contributed by atoms with van der Waals surface area (Å²) in [6.45, 7) is 8.83. The van der Waals surface area contributed by atoms with Gasteiger partial charge in [-0.25, -0.2) is 0 Å². The Balaban J connectivity index is 0.00000256. The summed E-state index contributed by atoms with van der Waals surface area (Å²) in [7, 11) is 1.93. The largest absolute Gasteiger partial charge is 0.380 e. The predicted molar refractivity (Wildman–Crippen MR) is 72.4 cm³/mol. The van der Waals surface area contributed by atoms with E-state index in [1.54, 1.807) is 0 Å². The average Bonchev–Trinajstić information content (AvgIpc) is 2.61. The number of nitrogens with zero attached hydrogens (tertiary/aromatic N) is 2. The van der Waals surface area contributed by atoms with Crippen LogP contribution < -0.4 is 5.32 Å². The van der Waals surface area contributed by atoms with Gasteiger partial charge in [0.2, 0.25) is 0 Å². The van der Waals surface area contributed by atoms with Crippen molar-refractivity contribution in [3.8, 4) is 0 Å². The minimum absolute atomic E-state index is 0. The molecule has 1 N–H and O–H groups in total. The van der Waals surface area contributed by atoms with E-state index in [9.17, 15) is 0 Å². The van der Waals surface area contributed by atoms with E-state index in [4.69, 9.17) is 4.74 Å². The van der Waals surface area contributed by atoms with Gasteiger partial charge in [-0.05, 0) is 18.9 Å². The van der Waals surface area contributed by atoms with Gasteiger partial charge in [0.05, 0.1) is 12.3 Å². The van der Waals surface area contributed by atoms with E-state index in [0.717, 1.165) is 25.5 Å². The third-order valence-electron chi connectivity index (χ3n) is 2.22. The van der Waals surface area contributed by atoms with Gasteiger partial charge < -0.3 is 10.1 Å². The minimum atomic E-state index is 0. The van der Waals surface area contributed by atoms with Crippen molar-refractivity contribution >= 4 is 12.4 Å². The quantitative estimate of drug-likeness (QED) is 0.816. The van der Waals surface area contributed by atoms with Gasteiger partial charge in [-0.3, -0.25) is 4.68 Å². The lowest BCUT2D eigenvalue weighted by molar-refractivity contribution is 0.0934. The molecule has 0 saturated heterocycles. The van der Waals surface area contributed by atoms with Crippen LogP contribution in [0.2, 0.25) is 0 Å². The van der Waals surface area contributed by atoms with Crippen LogP contribution in [-0.4, -0.2) is 29.0 Å². The van der Waals surface area contributed by atoms with Crippen molar-refractivity contribution in [3.05, 3.63) is 18.0 Å². The van der Waals surface area contributed by atoms with E-state index >= 15 is 0 Å². The summed E-state index contributed by atoms with van der Waals surface area (Å²) in [5, 5.41) is 7.69. The zero-order chi connectivity index (χ0) is 12.0. The number of ether oxygens (including phenoxy) is 1. The SMILES string of the molecule is CC(C)COCC(C)NCc1ccn(C)n1.Cl. The number of nitrogens with one attached hydrogen (secondary N) is 1. The molecule has 100 valence electrons. The van der Waals surface area contributed by atoms with Crippen LogP contribution in [0.25, 0.3) is 0 Å². The highest BCUT2D eigenvalue weighted by Gasteiger charge is 2.03. The Morgan fingerprint density at radius 3 is 2.59 bits per heavy atom. The second kappa shape index (κ2) is 8.50. The van der Waals surface area contributed by atoms with Crippen LogP contribution in [0.4, 0.5) is 0 Å². The number of halogens is 1. The highest BCUT2D eigenvalue weighted by atomic mass is 35.5. The first-order chi connectivity index (χ1) is 7.58. The van der Waals surface area contributed by atoms with Gasteiger partial charge in [0.1, 0.15) is 0 Å². The number of hydrogen-bond donors (Lipinski definition) is 1. The molecule has 1 heterocycles. The molecule has 0 aliphatic heterocycles. The molecule has 0 aliphatic rings. The number of hydrogen-bond acceptors (Lipinski definition) is 3. The molecule has 0 radical (unpaired) electrons. The summed E-state index contributed by atoms with van der Waals surface area (Å²) in [4.78, 5) is 0. The molecule has 0 saturated carbocycles. The Kier molecular flexibility index (Phi) is 8.21. The minimum Gasteiger partial charge on any atom is -0.380 e. The first kappa shape index (κ1) is 16.4. The Hall–Kier alpha value is -0.580. The first-order valence-corrected chi connectivity index (χ1v) is 5.87. The maximum absolute atomic E-state index is 5.56. The molecule has 0 spiro atoms. The zero-order valence-corrected chi connectivity index (χ0v) is 12.0. The summed E-state index contributed by atoms with van der Waals surface area (Å²) in [6, 6.07) is 2.38. The molecule has 1 rings (SSSR count). The molecule has 17 heavy (non-hydrogen) atoms. The van der Waals surface area contributed by atoms with Crippen molar-refractivity contribution in [1.82, 2.24) is 15.1 Å². The summed E-state index contributed by atoms with van der Waals surface area (Å²) in [5.74, 6) is 0.600. The lowest BCUT2D eigenvalue weighted by Crippen LogP contribution is -2.30. The van der Waals surface area contributed by atoms with E-state index in [1.807, 2.05) is 24.0 Å².